The van der Waals surface area contributed by atoms with E-state index in [4.69, 9.17) is 0 Å². The normalized spacial score (nSPS) is 26.2. The molecule has 1 aliphatic carbocycles. The highest BCUT2D eigenvalue weighted by molar-refractivity contribution is 7.07. The Balaban J connectivity index is 1.80. The summed E-state index contributed by atoms with van der Waals surface area (Å²) >= 11 is 1.81. The van der Waals surface area contributed by atoms with Gasteiger partial charge in [-0.3, -0.25) is 0 Å². The van der Waals surface area contributed by atoms with Gasteiger partial charge in [0.15, 0.2) is 0 Å². The fourth-order valence-corrected chi connectivity index (χ4v) is 3.93. The Morgan fingerprint density at radius 1 is 1.47 bits per heavy atom. The van der Waals surface area contributed by atoms with E-state index in [-0.39, 0.29) is 0 Å². The summed E-state index contributed by atoms with van der Waals surface area (Å²) in [5, 5.41) is 8.03. The lowest BCUT2D eigenvalue weighted by Crippen LogP contribution is -2.32. The molecular formula is C15H25NS. The maximum Gasteiger partial charge on any atom is 0.00956 e. The van der Waals surface area contributed by atoms with Crippen LogP contribution in [0.3, 0.4) is 0 Å². The molecule has 0 bridgehead atoms. The molecule has 1 heterocycles. The fourth-order valence-electron chi connectivity index (χ4n) is 3.22. The van der Waals surface area contributed by atoms with Crippen LogP contribution in [0, 0.1) is 11.8 Å². The van der Waals surface area contributed by atoms with Gasteiger partial charge >= 0.3 is 0 Å². The molecule has 0 amide bonds. The molecule has 0 spiro atoms. The predicted molar refractivity (Wildman–Crippen MR) is 76.6 cm³/mol. The lowest BCUT2D eigenvalue weighted by molar-refractivity contribution is 0.347. The molecule has 0 radical (unpaired) electrons. The van der Waals surface area contributed by atoms with E-state index in [9.17, 15) is 0 Å². The molecule has 96 valence electrons. The second-order valence-electron chi connectivity index (χ2n) is 5.41. The zero-order chi connectivity index (χ0) is 12.1. The quantitative estimate of drug-likeness (QED) is 0.803. The molecule has 1 aromatic rings. The molecule has 1 aromatic heterocycles. The van der Waals surface area contributed by atoms with E-state index in [1.54, 1.807) is 0 Å². The first-order chi connectivity index (χ1) is 8.33. The summed E-state index contributed by atoms with van der Waals surface area (Å²) in [6.07, 6.45) is 8.26. The van der Waals surface area contributed by atoms with Crippen molar-refractivity contribution in [2.24, 2.45) is 11.8 Å². The zero-order valence-electron chi connectivity index (χ0n) is 11.1. The molecule has 3 unspecified atom stereocenters. The lowest BCUT2D eigenvalue weighted by Gasteiger charge is -2.23. The highest BCUT2D eigenvalue weighted by atomic mass is 32.1. The molecule has 1 aliphatic rings. The summed E-state index contributed by atoms with van der Waals surface area (Å²) in [4.78, 5) is 0. The number of hydrogen-bond acceptors (Lipinski definition) is 2. The second-order valence-corrected chi connectivity index (χ2v) is 6.19. The molecule has 1 saturated carbocycles. The number of hydrogen-bond donors (Lipinski definition) is 1. The van der Waals surface area contributed by atoms with E-state index in [1.165, 1.54) is 44.1 Å². The molecule has 0 saturated heterocycles. The second kappa shape index (κ2) is 6.55. The Morgan fingerprint density at radius 2 is 2.35 bits per heavy atom. The molecule has 0 aliphatic heterocycles. The maximum absolute atomic E-state index is 3.55. The maximum atomic E-state index is 3.55. The van der Waals surface area contributed by atoms with Gasteiger partial charge in [-0.15, -0.1) is 0 Å². The van der Waals surface area contributed by atoms with Crippen molar-refractivity contribution in [3.8, 4) is 0 Å². The van der Waals surface area contributed by atoms with Crippen molar-refractivity contribution in [1.29, 1.82) is 0 Å². The molecule has 1 N–H and O–H groups in total. The van der Waals surface area contributed by atoms with Gasteiger partial charge in [-0.05, 0) is 67.0 Å². The lowest BCUT2D eigenvalue weighted by atomic mass is 9.92. The monoisotopic (exact) mass is 251 g/mol. The minimum absolute atomic E-state index is 0.728. The predicted octanol–water partition coefficient (Wildman–Crippen LogP) is 4.10. The van der Waals surface area contributed by atoms with Crippen LogP contribution >= 0.6 is 11.3 Å². The fraction of sp³-hybridized carbons (Fsp3) is 0.733. The minimum Gasteiger partial charge on any atom is -0.317 e. The molecule has 1 fully saturated rings. The Morgan fingerprint density at radius 3 is 2.94 bits per heavy atom. The number of rotatable bonds is 6. The highest BCUT2D eigenvalue weighted by Crippen LogP contribution is 2.35. The molecule has 2 rings (SSSR count). The molecular weight excluding hydrogens is 226 g/mol. The molecule has 3 atom stereocenters. The van der Waals surface area contributed by atoms with Crippen LogP contribution in [0.1, 0.15) is 44.6 Å². The van der Waals surface area contributed by atoms with Crippen LogP contribution in [0.2, 0.25) is 0 Å². The van der Waals surface area contributed by atoms with Crippen molar-refractivity contribution < 1.29 is 0 Å². The molecule has 0 aromatic carbocycles. The first kappa shape index (κ1) is 13.1. The Hall–Kier alpha value is -0.340. The van der Waals surface area contributed by atoms with Crippen molar-refractivity contribution in [1.82, 2.24) is 5.32 Å². The smallest absolute Gasteiger partial charge is 0.00956 e. The summed E-state index contributed by atoms with van der Waals surface area (Å²) in [7, 11) is 2.14. The third kappa shape index (κ3) is 3.56. The van der Waals surface area contributed by atoms with Crippen LogP contribution in [-0.2, 0) is 6.42 Å². The Kier molecular flexibility index (Phi) is 5.05. The summed E-state index contributed by atoms with van der Waals surface area (Å²) in [6.45, 7) is 2.34. The van der Waals surface area contributed by atoms with Crippen LogP contribution in [-0.4, -0.2) is 13.1 Å². The van der Waals surface area contributed by atoms with Gasteiger partial charge < -0.3 is 5.32 Å². The Labute approximate surface area is 110 Å². The van der Waals surface area contributed by atoms with Gasteiger partial charge in [0.05, 0.1) is 0 Å². The Bertz CT molecular complexity index is 307. The summed E-state index contributed by atoms with van der Waals surface area (Å²) in [5.41, 5.74) is 1.51. The number of aryl methyl sites for hydroxylation is 1. The largest absolute Gasteiger partial charge is 0.317 e. The van der Waals surface area contributed by atoms with Gasteiger partial charge in [0.2, 0.25) is 0 Å². The van der Waals surface area contributed by atoms with E-state index in [0.29, 0.717) is 0 Å². The topological polar surface area (TPSA) is 12.0 Å². The van der Waals surface area contributed by atoms with E-state index < -0.39 is 0 Å². The van der Waals surface area contributed by atoms with Crippen molar-refractivity contribution in [3.05, 3.63) is 22.4 Å². The van der Waals surface area contributed by atoms with E-state index in [0.717, 1.165) is 17.9 Å². The van der Waals surface area contributed by atoms with Gasteiger partial charge in [-0.1, -0.05) is 19.8 Å². The first-order valence-corrected chi connectivity index (χ1v) is 7.96. The van der Waals surface area contributed by atoms with Crippen LogP contribution in [0.5, 0.6) is 0 Å². The van der Waals surface area contributed by atoms with Crippen LogP contribution in [0.25, 0.3) is 0 Å². The average Bonchev–Trinajstić information content (AvgIpc) is 3.00. The summed E-state index contributed by atoms with van der Waals surface area (Å²) < 4.78 is 0. The van der Waals surface area contributed by atoms with Crippen molar-refractivity contribution >= 4 is 11.3 Å². The third-order valence-electron chi connectivity index (χ3n) is 4.42. The van der Waals surface area contributed by atoms with Crippen LogP contribution in [0.4, 0.5) is 0 Å². The minimum atomic E-state index is 0.728. The van der Waals surface area contributed by atoms with Gasteiger partial charge in [0.1, 0.15) is 0 Å². The van der Waals surface area contributed by atoms with Crippen molar-refractivity contribution in [3.63, 3.8) is 0 Å². The number of nitrogens with one attached hydrogen (secondary N) is 1. The highest BCUT2D eigenvalue weighted by Gasteiger charge is 2.28. The standard InChI is InChI=1S/C15H25NS/c1-3-12-4-6-14(10-12)15(16-2)7-5-13-8-9-17-11-13/h8-9,11-12,14-16H,3-7,10H2,1-2H3. The van der Waals surface area contributed by atoms with Crippen LogP contribution in [0.15, 0.2) is 16.8 Å². The van der Waals surface area contributed by atoms with E-state index >= 15 is 0 Å². The molecule has 17 heavy (non-hydrogen) atoms. The summed E-state index contributed by atoms with van der Waals surface area (Å²) in [5.74, 6) is 1.92. The zero-order valence-corrected chi connectivity index (χ0v) is 11.9. The third-order valence-corrected chi connectivity index (χ3v) is 5.16. The van der Waals surface area contributed by atoms with Crippen molar-refractivity contribution in [2.75, 3.05) is 7.05 Å². The SMILES string of the molecule is CCC1CCC(C(CCc2ccsc2)NC)C1. The van der Waals surface area contributed by atoms with Gasteiger partial charge in [0.25, 0.3) is 0 Å². The van der Waals surface area contributed by atoms with Crippen LogP contribution < -0.4 is 5.32 Å². The average molecular weight is 251 g/mol. The van der Waals surface area contributed by atoms with Crippen molar-refractivity contribution in [2.45, 2.75) is 51.5 Å². The van der Waals surface area contributed by atoms with Gasteiger partial charge in [-0.2, -0.15) is 11.3 Å². The van der Waals surface area contributed by atoms with Gasteiger partial charge in [0, 0.05) is 6.04 Å². The van der Waals surface area contributed by atoms with Gasteiger partial charge in [-0.25, -0.2) is 0 Å². The molecule has 1 nitrogen and oxygen atoms in total. The van der Waals surface area contributed by atoms with E-state index in [2.05, 4.69) is 36.1 Å². The number of thiophene rings is 1. The molecule has 2 heteroatoms. The van der Waals surface area contributed by atoms with E-state index in [1.807, 2.05) is 11.3 Å². The summed E-state index contributed by atoms with van der Waals surface area (Å²) in [6, 6.07) is 2.99. The first-order valence-electron chi connectivity index (χ1n) is 7.01.